The normalized spacial score (nSPS) is 13.4. The first kappa shape index (κ1) is 16.4. The first-order chi connectivity index (χ1) is 8.25. The molecule has 0 fully saturated rings. The van der Waals surface area contributed by atoms with Crippen LogP contribution in [0.4, 0.5) is 0 Å². The zero-order valence-electron chi connectivity index (χ0n) is 11.1. The van der Waals surface area contributed by atoms with Crippen LogP contribution in [0.5, 0.6) is 0 Å². The summed E-state index contributed by atoms with van der Waals surface area (Å²) in [6.07, 6.45) is 2.61. The van der Waals surface area contributed by atoms with Gasteiger partial charge in [0, 0.05) is 17.1 Å². The van der Waals surface area contributed by atoms with Gasteiger partial charge in [0.05, 0.1) is 0 Å². The molecule has 5 nitrogen and oxygen atoms in total. The minimum absolute atomic E-state index is 0.00126. The highest BCUT2D eigenvalue weighted by atomic mass is 16.4. The molecule has 0 aromatic rings. The Hall–Kier alpha value is -1.62. The fourth-order valence-electron chi connectivity index (χ4n) is 1.44. The van der Waals surface area contributed by atoms with Crippen molar-refractivity contribution >= 4 is 11.9 Å². The van der Waals surface area contributed by atoms with E-state index in [1.54, 1.807) is 6.92 Å². The fraction of sp³-hybridized carbons (Fsp3) is 0.538. The lowest BCUT2D eigenvalue weighted by Crippen LogP contribution is -2.14. The second-order valence-corrected chi connectivity index (χ2v) is 4.52. The number of carboxylic acid groups (broad SMARTS) is 2. The van der Waals surface area contributed by atoms with Crippen LogP contribution in [0.1, 0.15) is 19.8 Å². The number of carboxylic acids is 2. The van der Waals surface area contributed by atoms with Crippen LogP contribution >= 0.6 is 0 Å². The highest BCUT2D eigenvalue weighted by Gasteiger charge is 2.15. The molecule has 0 aliphatic carbocycles. The van der Waals surface area contributed by atoms with Crippen molar-refractivity contribution in [2.75, 3.05) is 20.6 Å². The van der Waals surface area contributed by atoms with Crippen LogP contribution < -0.4 is 0 Å². The zero-order chi connectivity index (χ0) is 14.3. The number of aliphatic carboxylic acids is 2. The average Bonchev–Trinajstić information content (AvgIpc) is 2.25. The van der Waals surface area contributed by atoms with Crippen LogP contribution in [0.15, 0.2) is 23.8 Å². The lowest BCUT2D eigenvalue weighted by atomic mass is 9.97. The Kier molecular flexibility index (Phi) is 6.97. The van der Waals surface area contributed by atoms with Gasteiger partial charge in [-0.1, -0.05) is 19.6 Å². The SMILES string of the molecule is C=C(C(=O)O)C(C)C=C(CCCN(C)C)C(=O)O. The van der Waals surface area contributed by atoms with Gasteiger partial charge in [0.25, 0.3) is 0 Å². The van der Waals surface area contributed by atoms with Crippen molar-refractivity contribution < 1.29 is 19.8 Å². The molecule has 0 aromatic carbocycles. The molecule has 0 heterocycles. The minimum Gasteiger partial charge on any atom is -0.478 e. The van der Waals surface area contributed by atoms with Crippen molar-refractivity contribution in [1.29, 1.82) is 0 Å². The third-order valence-electron chi connectivity index (χ3n) is 2.60. The maximum Gasteiger partial charge on any atom is 0.331 e. The summed E-state index contributed by atoms with van der Waals surface area (Å²) in [7, 11) is 3.83. The second-order valence-electron chi connectivity index (χ2n) is 4.52. The maximum atomic E-state index is 11.0. The molecule has 18 heavy (non-hydrogen) atoms. The zero-order valence-corrected chi connectivity index (χ0v) is 11.1. The molecule has 0 spiro atoms. The van der Waals surface area contributed by atoms with Crippen molar-refractivity contribution in [3.63, 3.8) is 0 Å². The molecule has 2 N–H and O–H groups in total. The topological polar surface area (TPSA) is 77.8 Å². The summed E-state index contributed by atoms with van der Waals surface area (Å²) in [5.41, 5.74) is 0.244. The van der Waals surface area contributed by atoms with E-state index < -0.39 is 17.9 Å². The summed E-state index contributed by atoms with van der Waals surface area (Å²) in [5, 5.41) is 17.8. The predicted octanol–water partition coefficient (Wildman–Crippen LogP) is 1.62. The Morgan fingerprint density at radius 3 is 2.22 bits per heavy atom. The van der Waals surface area contributed by atoms with E-state index in [1.165, 1.54) is 6.08 Å². The average molecular weight is 255 g/mol. The number of hydrogen-bond acceptors (Lipinski definition) is 3. The largest absolute Gasteiger partial charge is 0.478 e. The van der Waals surface area contributed by atoms with Crippen molar-refractivity contribution in [1.82, 2.24) is 4.90 Å². The molecule has 0 aliphatic rings. The first-order valence-corrected chi connectivity index (χ1v) is 5.76. The Balaban J connectivity index is 4.63. The van der Waals surface area contributed by atoms with Gasteiger partial charge in [-0.15, -0.1) is 0 Å². The standard InChI is InChI=1S/C13H21NO4/c1-9(10(2)12(15)16)8-11(13(17)18)6-5-7-14(3)4/h8-9H,2,5-7H2,1,3-4H3,(H,15,16)(H,17,18). The van der Waals surface area contributed by atoms with Gasteiger partial charge in [-0.2, -0.15) is 0 Å². The van der Waals surface area contributed by atoms with Gasteiger partial charge in [-0.3, -0.25) is 0 Å². The summed E-state index contributed by atoms with van der Waals surface area (Å²) in [5.74, 6) is -2.58. The molecular formula is C13H21NO4. The lowest BCUT2D eigenvalue weighted by Gasteiger charge is -2.11. The van der Waals surface area contributed by atoms with E-state index in [1.807, 2.05) is 19.0 Å². The third kappa shape index (κ3) is 6.20. The van der Waals surface area contributed by atoms with Gasteiger partial charge >= 0.3 is 11.9 Å². The van der Waals surface area contributed by atoms with Gasteiger partial charge in [0.15, 0.2) is 0 Å². The number of allylic oxidation sites excluding steroid dienone is 1. The van der Waals surface area contributed by atoms with Crippen LogP contribution in [0, 0.1) is 5.92 Å². The van der Waals surface area contributed by atoms with E-state index in [4.69, 9.17) is 10.2 Å². The maximum absolute atomic E-state index is 11.0. The molecule has 0 amide bonds. The number of nitrogens with zero attached hydrogens (tertiary/aromatic N) is 1. The minimum atomic E-state index is -1.10. The number of hydrogen-bond donors (Lipinski definition) is 2. The summed E-state index contributed by atoms with van der Waals surface area (Å²) in [6, 6.07) is 0. The predicted molar refractivity (Wildman–Crippen MR) is 69.4 cm³/mol. The highest BCUT2D eigenvalue weighted by Crippen LogP contribution is 2.16. The van der Waals surface area contributed by atoms with Crippen LogP contribution in [0.25, 0.3) is 0 Å². The van der Waals surface area contributed by atoms with Gasteiger partial charge in [-0.25, -0.2) is 9.59 Å². The van der Waals surface area contributed by atoms with Crippen LogP contribution in [-0.2, 0) is 9.59 Å². The third-order valence-corrected chi connectivity index (χ3v) is 2.60. The summed E-state index contributed by atoms with van der Waals surface area (Å²) in [6.45, 7) is 5.85. The van der Waals surface area contributed by atoms with E-state index in [0.29, 0.717) is 6.42 Å². The second kappa shape index (κ2) is 7.66. The van der Waals surface area contributed by atoms with Gasteiger partial charge in [-0.05, 0) is 33.5 Å². The smallest absolute Gasteiger partial charge is 0.331 e. The molecule has 0 radical (unpaired) electrons. The van der Waals surface area contributed by atoms with Gasteiger partial charge < -0.3 is 15.1 Å². The summed E-state index contributed by atoms with van der Waals surface area (Å²) < 4.78 is 0. The van der Waals surface area contributed by atoms with Gasteiger partial charge in [0.2, 0.25) is 0 Å². The van der Waals surface area contributed by atoms with Crippen molar-refractivity contribution in [2.45, 2.75) is 19.8 Å². The molecule has 1 unspecified atom stereocenters. The molecule has 1 atom stereocenters. The van der Waals surface area contributed by atoms with Gasteiger partial charge in [0.1, 0.15) is 0 Å². The van der Waals surface area contributed by atoms with Crippen molar-refractivity contribution in [3.05, 3.63) is 23.8 Å². The quantitative estimate of drug-likeness (QED) is 0.644. The van der Waals surface area contributed by atoms with E-state index in [9.17, 15) is 9.59 Å². The monoisotopic (exact) mass is 255 g/mol. The Labute approximate surface area is 107 Å². The molecule has 0 rings (SSSR count). The molecule has 0 aromatic heterocycles. The summed E-state index contributed by atoms with van der Waals surface area (Å²) >= 11 is 0. The van der Waals surface area contributed by atoms with Crippen LogP contribution in [0.3, 0.4) is 0 Å². The fourth-order valence-corrected chi connectivity index (χ4v) is 1.44. The summed E-state index contributed by atoms with van der Waals surface area (Å²) in [4.78, 5) is 23.7. The molecule has 5 heteroatoms. The Bertz CT molecular complexity index is 358. The van der Waals surface area contributed by atoms with Crippen molar-refractivity contribution in [3.8, 4) is 0 Å². The number of carbonyl (C=O) groups is 2. The Morgan fingerprint density at radius 1 is 1.28 bits per heavy atom. The van der Waals surface area contributed by atoms with Crippen LogP contribution in [-0.4, -0.2) is 47.7 Å². The molecule has 0 saturated heterocycles. The lowest BCUT2D eigenvalue weighted by molar-refractivity contribution is -0.134. The van der Waals surface area contributed by atoms with E-state index in [0.717, 1.165) is 13.0 Å². The van der Waals surface area contributed by atoms with E-state index in [-0.39, 0.29) is 11.1 Å². The molecule has 0 aliphatic heterocycles. The molecular weight excluding hydrogens is 234 g/mol. The van der Waals surface area contributed by atoms with Crippen molar-refractivity contribution in [2.24, 2.45) is 5.92 Å². The highest BCUT2D eigenvalue weighted by molar-refractivity contribution is 5.89. The molecule has 102 valence electrons. The van der Waals surface area contributed by atoms with E-state index >= 15 is 0 Å². The number of rotatable bonds is 8. The van der Waals surface area contributed by atoms with Crippen LogP contribution in [0.2, 0.25) is 0 Å². The van der Waals surface area contributed by atoms with E-state index in [2.05, 4.69) is 6.58 Å². The first-order valence-electron chi connectivity index (χ1n) is 5.76. The molecule has 0 bridgehead atoms. The Morgan fingerprint density at radius 2 is 1.83 bits per heavy atom. The molecule has 0 saturated carbocycles.